The second kappa shape index (κ2) is 9.32. The molecule has 4 heteroatoms. The second-order valence-corrected chi connectivity index (χ2v) is 13.5. The first-order valence-corrected chi connectivity index (χ1v) is 11.9. The average Bonchev–Trinajstić information content (AvgIpc) is 2.44. The Morgan fingerprint density at radius 1 is 1.17 bits per heavy atom. The molecule has 0 saturated heterocycles. The van der Waals surface area contributed by atoms with Crippen molar-refractivity contribution in [2.75, 3.05) is 7.11 Å². The molecule has 0 aliphatic carbocycles. The van der Waals surface area contributed by atoms with E-state index in [1.807, 2.05) is 26.8 Å². The van der Waals surface area contributed by atoms with E-state index in [-0.39, 0.29) is 29.1 Å². The third-order valence-electron chi connectivity index (χ3n) is 5.21. The van der Waals surface area contributed by atoms with Crippen molar-refractivity contribution in [3.63, 3.8) is 0 Å². The van der Waals surface area contributed by atoms with Crippen molar-refractivity contribution in [2.24, 2.45) is 11.8 Å². The monoisotopic (exact) mass is 356 g/mol. The fourth-order valence-electron chi connectivity index (χ4n) is 2.49. The maximum atomic E-state index is 10.3. The molecule has 0 aromatic heterocycles. The zero-order valence-corrected chi connectivity index (χ0v) is 18.5. The molecule has 0 saturated carbocycles. The fraction of sp³-hybridized carbons (Fsp3) is 0.800. The van der Waals surface area contributed by atoms with Gasteiger partial charge in [0, 0.05) is 13.0 Å². The molecule has 0 fully saturated rings. The second-order valence-electron chi connectivity index (χ2n) is 8.74. The van der Waals surface area contributed by atoms with Gasteiger partial charge in [-0.2, -0.15) is 0 Å². The minimum atomic E-state index is -1.95. The van der Waals surface area contributed by atoms with Gasteiger partial charge < -0.3 is 14.3 Å². The van der Waals surface area contributed by atoms with Crippen LogP contribution in [0.25, 0.3) is 0 Å². The van der Waals surface area contributed by atoms with Crippen LogP contribution in [-0.4, -0.2) is 38.8 Å². The molecule has 0 heterocycles. The van der Waals surface area contributed by atoms with Crippen LogP contribution in [0.4, 0.5) is 0 Å². The van der Waals surface area contributed by atoms with Crippen molar-refractivity contribution in [2.45, 2.75) is 84.9 Å². The first kappa shape index (κ1) is 23.6. The van der Waals surface area contributed by atoms with Crippen LogP contribution in [0.1, 0.15) is 48.5 Å². The molecule has 0 spiro atoms. The third-order valence-corrected chi connectivity index (χ3v) is 9.68. The van der Waals surface area contributed by atoms with E-state index in [2.05, 4.69) is 53.4 Å². The Bertz CT molecular complexity index is 421. The van der Waals surface area contributed by atoms with Crippen LogP contribution in [0.5, 0.6) is 0 Å². The number of rotatable bonds is 9. The van der Waals surface area contributed by atoms with E-state index in [1.54, 1.807) is 7.11 Å². The number of hydrogen-bond donors (Lipinski definition) is 1. The molecule has 4 atom stereocenters. The quantitative estimate of drug-likeness (QED) is 0.457. The largest absolute Gasteiger partial charge is 0.410 e. The van der Waals surface area contributed by atoms with Crippen molar-refractivity contribution in [3.05, 3.63) is 24.3 Å². The summed E-state index contributed by atoms with van der Waals surface area (Å²) >= 11 is 0. The Morgan fingerprint density at radius 2 is 1.67 bits per heavy atom. The summed E-state index contributed by atoms with van der Waals surface area (Å²) in [5.74, 6) is 0.321. The van der Waals surface area contributed by atoms with E-state index in [0.717, 1.165) is 5.57 Å². The molecule has 0 unspecified atom stereocenters. The molecule has 0 amide bonds. The lowest BCUT2D eigenvalue weighted by Crippen LogP contribution is -2.49. The van der Waals surface area contributed by atoms with E-state index in [1.165, 1.54) is 0 Å². The molecule has 24 heavy (non-hydrogen) atoms. The Hall–Kier alpha value is -0.423. The van der Waals surface area contributed by atoms with Crippen LogP contribution in [0.15, 0.2) is 24.3 Å². The minimum Gasteiger partial charge on any atom is -0.410 e. The van der Waals surface area contributed by atoms with Gasteiger partial charge in [0.05, 0.1) is 12.2 Å². The molecule has 3 nitrogen and oxygen atoms in total. The van der Waals surface area contributed by atoms with Crippen LogP contribution in [0, 0.1) is 11.8 Å². The molecule has 0 aliphatic rings. The maximum Gasteiger partial charge on any atom is 0.192 e. The zero-order chi connectivity index (χ0) is 19.3. The summed E-state index contributed by atoms with van der Waals surface area (Å²) in [5, 5.41) is 10.4. The van der Waals surface area contributed by atoms with E-state index in [4.69, 9.17) is 9.16 Å². The van der Waals surface area contributed by atoms with Crippen molar-refractivity contribution < 1.29 is 14.3 Å². The predicted molar refractivity (Wildman–Crippen MR) is 107 cm³/mol. The van der Waals surface area contributed by atoms with Gasteiger partial charge >= 0.3 is 0 Å². The minimum absolute atomic E-state index is 0.109. The third kappa shape index (κ3) is 6.47. The molecule has 0 rings (SSSR count). The van der Waals surface area contributed by atoms with Gasteiger partial charge in [0.2, 0.25) is 0 Å². The lowest BCUT2D eigenvalue weighted by Gasteiger charge is -2.42. The highest BCUT2D eigenvalue weighted by Crippen LogP contribution is 2.39. The van der Waals surface area contributed by atoms with E-state index in [9.17, 15) is 5.11 Å². The summed E-state index contributed by atoms with van der Waals surface area (Å²) in [6, 6.07) is 0. The van der Waals surface area contributed by atoms with Gasteiger partial charge in [-0.15, -0.1) is 6.58 Å². The number of methoxy groups -OCH3 is 1. The lowest BCUT2D eigenvalue weighted by molar-refractivity contribution is 0.00566. The average molecular weight is 357 g/mol. The zero-order valence-electron chi connectivity index (χ0n) is 17.5. The Labute approximate surface area is 151 Å². The van der Waals surface area contributed by atoms with Crippen LogP contribution in [-0.2, 0) is 9.16 Å². The van der Waals surface area contributed by atoms with Crippen molar-refractivity contribution >= 4 is 8.32 Å². The van der Waals surface area contributed by atoms with Crippen LogP contribution in [0.2, 0.25) is 18.1 Å². The summed E-state index contributed by atoms with van der Waals surface area (Å²) in [4.78, 5) is 0. The van der Waals surface area contributed by atoms with Gasteiger partial charge in [-0.3, -0.25) is 0 Å². The van der Waals surface area contributed by atoms with E-state index >= 15 is 0 Å². The van der Waals surface area contributed by atoms with Crippen LogP contribution < -0.4 is 0 Å². The molecular formula is C20H40O3Si. The summed E-state index contributed by atoms with van der Waals surface area (Å²) in [6.07, 6.45) is 3.23. The van der Waals surface area contributed by atoms with Gasteiger partial charge in [-0.05, 0) is 36.5 Å². The highest BCUT2D eigenvalue weighted by Gasteiger charge is 2.41. The Balaban J connectivity index is 5.58. The molecular weight excluding hydrogens is 316 g/mol. The van der Waals surface area contributed by atoms with Crippen molar-refractivity contribution in [1.82, 2.24) is 0 Å². The van der Waals surface area contributed by atoms with E-state index in [0.29, 0.717) is 0 Å². The lowest BCUT2D eigenvalue weighted by atomic mass is 9.93. The maximum absolute atomic E-state index is 10.3. The normalized spacial score (nSPS) is 19.1. The first-order valence-electron chi connectivity index (χ1n) is 8.98. The van der Waals surface area contributed by atoms with Crippen molar-refractivity contribution in [1.29, 1.82) is 0 Å². The fourth-order valence-corrected chi connectivity index (χ4v) is 3.87. The van der Waals surface area contributed by atoms with Crippen molar-refractivity contribution in [3.8, 4) is 0 Å². The number of ether oxygens (including phenoxy) is 1. The van der Waals surface area contributed by atoms with Crippen LogP contribution in [0.3, 0.4) is 0 Å². The summed E-state index contributed by atoms with van der Waals surface area (Å²) in [5.41, 5.74) is 0.986. The first-order chi connectivity index (χ1) is 10.8. The smallest absolute Gasteiger partial charge is 0.192 e. The molecule has 0 radical (unpaired) electrons. The molecule has 0 aliphatic heterocycles. The highest BCUT2D eigenvalue weighted by atomic mass is 28.4. The standard InChI is InChI=1S/C20H40O3Si/c1-12-17(22-9)19(23-24(10,11)20(6,7)8)16(5)13-15(4)18(21)14(2)3/h12-14,16-19,21H,1H2,2-11H3/b15-13-/t16-,17-,18-,19+/m1/s1. The van der Waals surface area contributed by atoms with Gasteiger partial charge in [-0.25, -0.2) is 0 Å². The summed E-state index contributed by atoms with van der Waals surface area (Å²) in [6.45, 7) is 23.3. The summed E-state index contributed by atoms with van der Waals surface area (Å²) in [7, 11) is -0.251. The van der Waals surface area contributed by atoms with Gasteiger partial charge in [0.1, 0.15) is 6.10 Å². The molecule has 0 aromatic carbocycles. The van der Waals surface area contributed by atoms with Gasteiger partial charge in [-0.1, -0.05) is 53.7 Å². The topological polar surface area (TPSA) is 38.7 Å². The van der Waals surface area contributed by atoms with Crippen LogP contribution >= 0.6 is 0 Å². The van der Waals surface area contributed by atoms with E-state index < -0.39 is 14.4 Å². The number of aliphatic hydroxyl groups excluding tert-OH is 1. The molecule has 0 aromatic rings. The number of aliphatic hydroxyl groups is 1. The highest BCUT2D eigenvalue weighted by molar-refractivity contribution is 6.74. The molecule has 1 N–H and O–H groups in total. The molecule has 0 bridgehead atoms. The Morgan fingerprint density at radius 3 is 2.00 bits per heavy atom. The Kier molecular flexibility index (Phi) is 9.16. The SMILES string of the molecule is C=C[C@@H](OC)[C@@H](O[Si](C)(C)C(C)(C)C)[C@H](C)/C=C(/C)[C@H](O)C(C)C. The number of hydrogen-bond acceptors (Lipinski definition) is 3. The van der Waals surface area contributed by atoms with Gasteiger partial charge in [0.25, 0.3) is 0 Å². The van der Waals surface area contributed by atoms with Gasteiger partial charge in [0.15, 0.2) is 8.32 Å². The predicted octanol–water partition coefficient (Wildman–Crippen LogP) is 5.18. The summed E-state index contributed by atoms with van der Waals surface area (Å²) < 4.78 is 12.3. The molecule has 142 valence electrons.